The molecular weight excluding hydrogens is 232 g/mol. The van der Waals surface area contributed by atoms with E-state index >= 15 is 0 Å². The Morgan fingerprint density at radius 1 is 1.67 bits per heavy atom. The fourth-order valence-corrected chi connectivity index (χ4v) is 1.86. The van der Waals surface area contributed by atoms with Crippen LogP contribution < -0.4 is 0 Å². The van der Waals surface area contributed by atoms with Gasteiger partial charge in [0.1, 0.15) is 17.9 Å². The van der Waals surface area contributed by atoms with Crippen LogP contribution in [-0.4, -0.2) is 55.7 Å². The van der Waals surface area contributed by atoms with Crippen molar-refractivity contribution in [3.63, 3.8) is 0 Å². The van der Waals surface area contributed by atoms with Gasteiger partial charge in [0, 0.05) is 14.2 Å². The van der Waals surface area contributed by atoms with E-state index in [1.165, 1.54) is 0 Å². The van der Waals surface area contributed by atoms with E-state index in [4.69, 9.17) is 9.47 Å². The summed E-state index contributed by atoms with van der Waals surface area (Å²) >= 11 is 0. The molecule has 1 aliphatic heterocycles. The highest BCUT2D eigenvalue weighted by atomic mass is 16.5. The van der Waals surface area contributed by atoms with Gasteiger partial charge in [-0.3, -0.25) is 4.99 Å². The molecule has 1 saturated heterocycles. The van der Waals surface area contributed by atoms with Gasteiger partial charge in [-0.05, 0) is 20.6 Å². The Hall–Kier alpha value is -1.33. The summed E-state index contributed by atoms with van der Waals surface area (Å²) in [7, 11) is 3.56. The molecule has 18 heavy (non-hydrogen) atoms. The average Bonchev–Trinajstić information content (AvgIpc) is 2.27. The molecule has 0 aromatic carbocycles. The zero-order chi connectivity index (χ0) is 13.9. The van der Waals surface area contributed by atoms with Gasteiger partial charge in [-0.1, -0.05) is 6.58 Å². The minimum absolute atomic E-state index is 0.110. The van der Waals surface area contributed by atoms with Gasteiger partial charge >= 0.3 is 0 Å². The molecule has 0 aliphatic carbocycles. The molecule has 1 atom stereocenters. The van der Waals surface area contributed by atoms with Crippen LogP contribution in [0.1, 0.15) is 13.8 Å². The lowest BCUT2D eigenvalue weighted by Gasteiger charge is -2.38. The second-order valence-electron chi connectivity index (χ2n) is 4.87. The fraction of sp³-hybridized carbons (Fsp3) is 0.615. The number of ether oxygens (including phenoxy) is 2. The number of aliphatic imine (C=N–C) groups is 1. The van der Waals surface area contributed by atoms with Crippen LogP contribution in [0.4, 0.5) is 0 Å². The Morgan fingerprint density at radius 2 is 2.28 bits per heavy atom. The summed E-state index contributed by atoms with van der Waals surface area (Å²) in [5.41, 5.74) is -0.0439. The van der Waals surface area contributed by atoms with Crippen molar-refractivity contribution < 1.29 is 14.6 Å². The largest absolute Gasteiger partial charge is 0.487 e. The summed E-state index contributed by atoms with van der Waals surface area (Å²) in [4.78, 5) is 5.85. The smallest absolute Gasteiger partial charge is 0.166 e. The Labute approximate surface area is 108 Å². The van der Waals surface area contributed by atoms with Crippen molar-refractivity contribution in [2.75, 3.05) is 27.4 Å². The van der Waals surface area contributed by atoms with Gasteiger partial charge in [0.15, 0.2) is 5.76 Å². The molecule has 1 heterocycles. The van der Waals surface area contributed by atoms with Crippen molar-refractivity contribution >= 4 is 6.72 Å². The standard InChI is InChI=1S/C13H22N2O3/c1-9-11(12(14-4)13(2,3)16)18-8-10(7-17-6)15(9)5/h10,16H,1,4,7-8H2,2-3,5-6H3. The van der Waals surface area contributed by atoms with Gasteiger partial charge in [-0.15, -0.1) is 0 Å². The first-order valence-corrected chi connectivity index (χ1v) is 5.80. The molecule has 0 radical (unpaired) electrons. The molecule has 0 saturated carbocycles. The quantitative estimate of drug-likeness (QED) is 0.765. The number of methoxy groups -OCH3 is 1. The number of hydrogen-bond donors (Lipinski definition) is 1. The molecule has 1 aliphatic rings. The molecule has 1 rings (SSSR count). The van der Waals surface area contributed by atoms with Crippen LogP contribution in [0, 0.1) is 0 Å². The Morgan fingerprint density at radius 3 is 2.72 bits per heavy atom. The lowest BCUT2D eigenvalue weighted by molar-refractivity contribution is 0.0300. The van der Waals surface area contributed by atoms with Crippen LogP contribution in [0.2, 0.25) is 0 Å². The maximum atomic E-state index is 10.0. The summed E-state index contributed by atoms with van der Waals surface area (Å²) in [6, 6.07) is 0.110. The van der Waals surface area contributed by atoms with Crippen molar-refractivity contribution in [3.05, 3.63) is 23.7 Å². The normalized spacial score (nSPS) is 23.7. The number of rotatable bonds is 4. The Kier molecular flexibility index (Phi) is 4.53. The zero-order valence-electron chi connectivity index (χ0n) is 11.6. The van der Waals surface area contributed by atoms with Gasteiger partial charge in [0.2, 0.25) is 0 Å². The van der Waals surface area contributed by atoms with Gasteiger partial charge in [-0.2, -0.15) is 0 Å². The molecule has 1 unspecified atom stereocenters. The van der Waals surface area contributed by atoms with Crippen molar-refractivity contribution in [1.82, 2.24) is 4.90 Å². The van der Waals surface area contributed by atoms with E-state index < -0.39 is 5.60 Å². The second-order valence-corrected chi connectivity index (χ2v) is 4.87. The van der Waals surface area contributed by atoms with Crippen LogP contribution in [0.25, 0.3) is 0 Å². The molecule has 0 aromatic heterocycles. The van der Waals surface area contributed by atoms with Gasteiger partial charge < -0.3 is 19.5 Å². The van der Waals surface area contributed by atoms with Gasteiger partial charge in [-0.25, -0.2) is 0 Å². The van der Waals surface area contributed by atoms with Crippen LogP contribution in [0.15, 0.2) is 28.7 Å². The second kappa shape index (κ2) is 5.54. The third-order valence-corrected chi connectivity index (χ3v) is 2.97. The fourth-order valence-electron chi connectivity index (χ4n) is 1.86. The average molecular weight is 254 g/mol. The highest BCUT2D eigenvalue weighted by Gasteiger charge is 2.32. The number of hydrogen-bond acceptors (Lipinski definition) is 5. The summed E-state index contributed by atoms with van der Waals surface area (Å²) in [5, 5.41) is 10.0. The van der Waals surface area contributed by atoms with Crippen LogP contribution >= 0.6 is 0 Å². The summed E-state index contributed by atoms with van der Waals surface area (Å²) < 4.78 is 10.8. The Bertz CT molecular complexity index is 369. The van der Waals surface area contributed by atoms with Crippen LogP contribution in [0.5, 0.6) is 0 Å². The molecule has 102 valence electrons. The monoisotopic (exact) mass is 254 g/mol. The third kappa shape index (κ3) is 2.91. The van der Waals surface area contributed by atoms with E-state index in [1.807, 2.05) is 11.9 Å². The topological polar surface area (TPSA) is 54.3 Å². The first kappa shape index (κ1) is 14.7. The van der Waals surface area contributed by atoms with E-state index in [2.05, 4.69) is 18.3 Å². The molecule has 1 N–H and O–H groups in total. The number of likely N-dealkylation sites (N-methyl/N-ethyl adjacent to an activating group) is 1. The minimum Gasteiger partial charge on any atom is -0.487 e. The molecular formula is C13H22N2O3. The van der Waals surface area contributed by atoms with E-state index in [9.17, 15) is 5.11 Å². The predicted molar refractivity (Wildman–Crippen MR) is 71.4 cm³/mol. The van der Waals surface area contributed by atoms with Crippen LogP contribution in [0.3, 0.4) is 0 Å². The predicted octanol–water partition coefficient (Wildman–Crippen LogP) is 1.16. The third-order valence-electron chi connectivity index (χ3n) is 2.97. The molecule has 1 fully saturated rings. The number of nitrogens with zero attached hydrogens (tertiary/aromatic N) is 2. The van der Waals surface area contributed by atoms with E-state index in [0.717, 1.165) is 0 Å². The lowest BCUT2D eigenvalue weighted by Crippen LogP contribution is -2.43. The highest BCUT2D eigenvalue weighted by Crippen LogP contribution is 2.30. The summed E-state index contributed by atoms with van der Waals surface area (Å²) in [5.74, 6) is 0.493. The molecule has 0 bridgehead atoms. The summed E-state index contributed by atoms with van der Waals surface area (Å²) in [6.07, 6.45) is 0. The number of aliphatic hydroxyl groups is 1. The molecule has 5 nitrogen and oxygen atoms in total. The highest BCUT2D eigenvalue weighted by molar-refractivity contribution is 5.39. The van der Waals surface area contributed by atoms with Crippen molar-refractivity contribution in [1.29, 1.82) is 0 Å². The SMILES string of the molecule is C=NC(=C1OCC(COC)N(C)C1=C)C(C)(C)O. The molecule has 0 aromatic rings. The maximum absolute atomic E-state index is 10.0. The lowest BCUT2D eigenvalue weighted by atomic mass is 10.0. The minimum atomic E-state index is -1.12. The molecule has 0 amide bonds. The number of morpholine rings is 1. The maximum Gasteiger partial charge on any atom is 0.166 e. The Balaban J connectivity index is 3.05. The zero-order valence-corrected chi connectivity index (χ0v) is 11.6. The molecule has 5 heteroatoms. The van der Waals surface area contributed by atoms with Gasteiger partial charge in [0.25, 0.3) is 0 Å². The van der Waals surface area contributed by atoms with Crippen molar-refractivity contribution in [2.45, 2.75) is 25.5 Å². The molecule has 0 spiro atoms. The van der Waals surface area contributed by atoms with E-state index in [1.54, 1.807) is 21.0 Å². The summed E-state index contributed by atoms with van der Waals surface area (Å²) in [6.45, 7) is 11.8. The van der Waals surface area contributed by atoms with Crippen molar-refractivity contribution in [2.24, 2.45) is 4.99 Å². The first-order valence-electron chi connectivity index (χ1n) is 5.80. The van der Waals surface area contributed by atoms with E-state index in [-0.39, 0.29) is 6.04 Å². The first-order chi connectivity index (χ1) is 8.32. The van der Waals surface area contributed by atoms with E-state index in [0.29, 0.717) is 30.4 Å². The van der Waals surface area contributed by atoms with Gasteiger partial charge in [0.05, 0.1) is 18.3 Å². The van der Waals surface area contributed by atoms with Crippen LogP contribution in [-0.2, 0) is 9.47 Å². The van der Waals surface area contributed by atoms with Crippen molar-refractivity contribution in [3.8, 4) is 0 Å².